The first-order valence-electron chi connectivity index (χ1n) is 5.04. The molecule has 0 aliphatic heterocycles. The number of sulfone groups is 1. The summed E-state index contributed by atoms with van der Waals surface area (Å²) in [5, 5.41) is 2.55. The van der Waals surface area contributed by atoms with Gasteiger partial charge in [-0.1, -0.05) is 0 Å². The number of anilines is 1. The molecule has 0 saturated carbocycles. The minimum atomic E-state index is -5.58. The molecule has 1 aromatic rings. The maximum atomic E-state index is 13.0. The van der Waals surface area contributed by atoms with Crippen LogP contribution >= 0.6 is 11.8 Å². The van der Waals surface area contributed by atoms with Crippen molar-refractivity contribution in [2.75, 3.05) is 23.9 Å². The van der Waals surface area contributed by atoms with E-state index in [9.17, 15) is 26.0 Å². The summed E-state index contributed by atoms with van der Waals surface area (Å²) in [6.45, 7) is 0.271. The molecule has 0 heterocycles. The van der Waals surface area contributed by atoms with Crippen molar-refractivity contribution in [2.24, 2.45) is 0 Å². The number of rotatable bonds is 5. The molecule has 1 rings (SSSR count). The predicted octanol–water partition coefficient (Wildman–Crippen LogP) is 2.89. The van der Waals surface area contributed by atoms with Crippen molar-refractivity contribution in [3.05, 3.63) is 24.0 Å². The Morgan fingerprint density at radius 2 is 1.95 bits per heavy atom. The van der Waals surface area contributed by atoms with Gasteiger partial charge in [-0.25, -0.2) is 12.8 Å². The lowest BCUT2D eigenvalue weighted by molar-refractivity contribution is -0.0435. The van der Waals surface area contributed by atoms with Gasteiger partial charge in [-0.2, -0.15) is 24.9 Å². The fraction of sp³-hybridized carbons (Fsp3) is 0.400. The molecular formula is C10H11F4NO2S2. The molecule has 1 N–H and O–H groups in total. The van der Waals surface area contributed by atoms with Gasteiger partial charge in [0, 0.05) is 12.3 Å². The van der Waals surface area contributed by atoms with Gasteiger partial charge in [0.25, 0.3) is 9.84 Å². The molecule has 0 radical (unpaired) electrons. The van der Waals surface area contributed by atoms with Crippen LogP contribution < -0.4 is 5.32 Å². The monoisotopic (exact) mass is 317 g/mol. The Kier molecular flexibility index (Phi) is 5.08. The zero-order valence-corrected chi connectivity index (χ0v) is 11.4. The molecule has 0 aromatic heterocycles. The topological polar surface area (TPSA) is 46.2 Å². The third-order valence-electron chi connectivity index (χ3n) is 2.16. The summed E-state index contributed by atoms with van der Waals surface area (Å²) in [5.41, 5.74) is -5.72. The van der Waals surface area contributed by atoms with Gasteiger partial charge in [-0.15, -0.1) is 0 Å². The Morgan fingerprint density at radius 1 is 1.32 bits per heavy atom. The average molecular weight is 317 g/mol. The van der Waals surface area contributed by atoms with E-state index in [1.165, 1.54) is 11.8 Å². The maximum absolute atomic E-state index is 13.0. The van der Waals surface area contributed by atoms with E-state index >= 15 is 0 Å². The lowest BCUT2D eigenvalue weighted by Crippen LogP contribution is -2.24. The van der Waals surface area contributed by atoms with E-state index in [1.54, 1.807) is 6.26 Å². The fourth-order valence-electron chi connectivity index (χ4n) is 1.28. The molecule has 3 nitrogen and oxygen atoms in total. The smallest absolute Gasteiger partial charge is 0.383 e. The van der Waals surface area contributed by atoms with Crippen molar-refractivity contribution in [2.45, 2.75) is 10.4 Å². The van der Waals surface area contributed by atoms with Gasteiger partial charge in [0.05, 0.1) is 5.69 Å². The second kappa shape index (κ2) is 6.00. The lowest BCUT2D eigenvalue weighted by atomic mass is 10.3. The Bertz CT molecular complexity index is 543. The molecule has 0 aliphatic carbocycles. The first kappa shape index (κ1) is 16.1. The van der Waals surface area contributed by atoms with E-state index in [2.05, 4.69) is 5.32 Å². The van der Waals surface area contributed by atoms with Gasteiger partial charge in [0.1, 0.15) is 10.7 Å². The number of halogens is 4. The molecule has 0 bridgehead atoms. The summed E-state index contributed by atoms with van der Waals surface area (Å²) in [6.07, 6.45) is 1.79. The Labute approximate surface area is 112 Å². The van der Waals surface area contributed by atoms with Crippen molar-refractivity contribution in [1.82, 2.24) is 0 Å². The van der Waals surface area contributed by atoms with Crippen LogP contribution in [-0.4, -0.2) is 32.5 Å². The van der Waals surface area contributed by atoms with Gasteiger partial charge in [-0.05, 0) is 24.5 Å². The van der Waals surface area contributed by atoms with Crippen molar-refractivity contribution < 1.29 is 26.0 Å². The van der Waals surface area contributed by atoms with Crippen LogP contribution in [0.15, 0.2) is 23.1 Å². The highest BCUT2D eigenvalue weighted by Crippen LogP contribution is 2.34. The van der Waals surface area contributed by atoms with E-state index in [1.807, 2.05) is 0 Å². The molecule has 0 saturated heterocycles. The van der Waals surface area contributed by atoms with Crippen LogP contribution in [0.5, 0.6) is 0 Å². The predicted molar refractivity (Wildman–Crippen MR) is 66.5 cm³/mol. The van der Waals surface area contributed by atoms with Gasteiger partial charge in [0.2, 0.25) is 0 Å². The molecule has 9 heteroatoms. The molecule has 0 spiro atoms. The largest absolute Gasteiger partial charge is 0.501 e. The lowest BCUT2D eigenvalue weighted by Gasteiger charge is -2.14. The van der Waals surface area contributed by atoms with Gasteiger partial charge >= 0.3 is 5.51 Å². The van der Waals surface area contributed by atoms with Crippen LogP contribution in [0.2, 0.25) is 0 Å². The van der Waals surface area contributed by atoms with E-state index < -0.39 is 26.1 Å². The normalized spacial score (nSPS) is 12.5. The second-order valence-electron chi connectivity index (χ2n) is 3.51. The van der Waals surface area contributed by atoms with Crippen LogP contribution in [0, 0.1) is 5.82 Å². The minimum absolute atomic E-state index is 0.257. The van der Waals surface area contributed by atoms with Crippen LogP contribution in [0.4, 0.5) is 23.2 Å². The molecule has 0 amide bonds. The first-order chi connectivity index (χ1) is 8.70. The standard InChI is InChI=1S/C10H11F4NO2S2/c1-18-5-4-15-8-3-2-7(11)6-9(8)19(16,17)10(12,13)14/h2-3,6,15H,4-5H2,1H3. The van der Waals surface area contributed by atoms with Crippen molar-refractivity contribution in [1.29, 1.82) is 0 Å². The molecule has 0 aliphatic rings. The summed E-state index contributed by atoms with van der Waals surface area (Å²) in [4.78, 5) is -1.10. The zero-order valence-electron chi connectivity index (χ0n) is 9.79. The highest BCUT2D eigenvalue weighted by atomic mass is 32.2. The Morgan fingerprint density at radius 3 is 2.47 bits per heavy atom. The van der Waals surface area contributed by atoms with Crippen molar-refractivity contribution in [3.8, 4) is 0 Å². The number of benzene rings is 1. The molecule has 0 unspecified atom stereocenters. The van der Waals surface area contributed by atoms with E-state index in [4.69, 9.17) is 0 Å². The summed E-state index contributed by atoms with van der Waals surface area (Å²) in [6, 6.07) is 2.25. The van der Waals surface area contributed by atoms with Gasteiger partial charge < -0.3 is 5.32 Å². The van der Waals surface area contributed by atoms with Crippen LogP contribution in [-0.2, 0) is 9.84 Å². The average Bonchev–Trinajstić information content (AvgIpc) is 2.29. The summed E-state index contributed by atoms with van der Waals surface area (Å²) in [5.74, 6) is -0.471. The molecular weight excluding hydrogens is 306 g/mol. The van der Waals surface area contributed by atoms with Crippen molar-refractivity contribution in [3.63, 3.8) is 0 Å². The SMILES string of the molecule is CSCCNc1ccc(F)cc1S(=O)(=O)C(F)(F)F. The second-order valence-corrected chi connectivity index (χ2v) is 6.40. The van der Waals surface area contributed by atoms with Crippen LogP contribution in [0.3, 0.4) is 0 Å². The summed E-state index contributed by atoms with van der Waals surface area (Å²) in [7, 11) is -5.58. The van der Waals surface area contributed by atoms with Crippen molar-refractivity contribution >= 4 is 27.3 Å². The number of hydrogen-bond donors (Lipinski definition) is 1. The fourth-order valence-corrected chi connectivity index (χ4v) is 2.53. The Balaban J connectivity index is 3.22. The molecule has 108 valence electrons. The van der Waals surface area contributed by atoms with Crippen LogP contribution in [0.25, 0.3) is 0 Å². The molecule has 19 heavy (non-hydrogen) atoms. The number of hydrogen-bond acceptors (Lipinski definition) is 4. The maximum Gasteiger partial charge on any atom is 0.501 e. The summed E-state index contributed by atoms with van der Waals surface area (Å²) < 4.78 is 73.1. The Hall–Kier alpha value is -0.960. The number of thioether (sulfide) groups is 1. The highest BCUT2D eigenvalue weighted by Gasteiger charge is 2.48. The summed E-state index contributed by atoms with van der Waals surface area (Å²) >= 11 is 1.43. The number of nitrogens with one attached hydrogen (secondary N) is 1. The van der Waals surface area contributed by atoms with Gasteiger partial charge in [-0.3, -0.25) is 0 Å². The van der Waals surface area contributed by atoms with Crippen LogP contribution in [0.1, 0.15) is 0 Å². The number of alkyl halides is 3. The van der Waals surface area contributed by atoms with E-state index in [-0.39, 0.29) is 12.2 Å². The van der Waals surface area contributed by atoms with Gasteiger partial charge in [0.15, 0.2) is 0 Å². The molecule has 0 atom stereocenters. The van der Waals surface area contributed by atoms with E-state index in [0.29, 0.717) is 11.8 Å². The molecule has 1 aromatic carbocycles. The van der Waals surface area contributed by atoms with E-state index in [0.717, 1.165) is 12.1 Å². The highest BCUT2D eigenvalue weighted by molar-refractivity contribution is 7.98. The third kappa shape index (κ3) is 3.75. The quantitative estimate of drug-likeness (QED) is 0.670. The first-order valence-corrected chi connectivity index (χ1v) is 7.91. The zero-order chi connectivity index (χ0) is 14.7. The molecule has 0 fully saturated rings. The minimum Gasteiger partial charge on any atom is -0.383 e. The third-order valence-corrected chi connectivity index (χ3v) is 4.30.